The maximum Gasteiger partial charge on any atom is 0.194 e. The summed E-state index contributed by atoms with van der Waals surface area (Å²) in [5.74, 6) is 0. The number of hydrogen-bond donors (Lipinski definition) is 1. The zero-order chi connectivity index (χ0) is 9.80. The number of aromatic nitrogens is 4. The van der Waals surface area contributed by atoms with Gasteiger partial charge in [0.15, 0.2) is 9.50 Å². The molecule has 0 aliphatic rings. The Morgan fingerprint density at radius 1 is 1.29 bits per heavy atom. The van der Waals surface area contributed by atoms with Crippen LogP contribution in [0.4, 0.5) is 0 Å². The molecule has 0 unspecified atom stereocenters. The molecule has 0 atom stereocenters. The lowest BCUT2D eigenvalue weighted by atomic mass is 10.4. The van der Waals surface area contributed by atoms with Crippen LogP contribution in [0.1, 0.15) is 5.56 Å². The molecule has 2 aromatic rings. The van der Waals surface area contributed by atoms with Crippen molar-refractivity contribution in [2.24, 2.45) is 5.73 Å². The van der Waals surface area contributed by atoms with Crippen molar-refractivity contribution < 1.29 is 0 Å². The van der Waals surface area contributed by atoms with E-state index in [-0.39, 0.29) is 0 Å². The molecule has 0 saturated heterocycles. The summed E-state index contributed by atoms with van der Waals surface area (Å²) in [7, 11) is 0. The predicted molar refractivity (Wildman–Crippen MR) is 54.0 cm³/mol. The molecule has 7 heteroatoms. The summed E-state index contributed by atoms with van der Waals surface area (Å²) in [5.41, 5.74) is 6.35. The Morgan fingerprint density at radius 2 is 2.07 bits per heavy atom. The summed E-state index contributed by atoms with van der Waals surface area (Å²) in [6.07, 6.45) is 4.95. The molecule has 14 heavy (non-hydrogen) atoms. The first-order chi connectivity index (χ1) is 6.88. The minimum Gasteiger partial charge on any atom is -0.326 e. The van der Waals surface area contributed by atoms with Gasteiger partial charge in [0.2, 0.25) is 0 Å². The van der Waals surface area contributed by atoms with E-state index in [0.29, 0.717) is 11.7 Å². The summed E-state index contributed by atoms with van der Waals surface area (Å²) < 4.78 is 4.72. The zero-order valence-electron chi connectivity index (χ0n) is 7.12. The van der Waals surface area contributed by atoms with Gasteiger partial charge in [-0.25, -0.2) is 15.0 Å². The van der Waals surface area contributed by atoms with Crippen LogP contribution in [0.2, 0.25) is 0 Å². The van der Waals surface area contributed by atoms with E-state index in [4.69, 9.17) is 5.73 Å². The van der Waals surface area contributed by atoms with Crippen molar-refractivity contribution in [3.8, 4) is 0 Å². The standard InChI is InChI=1S/C7H7N5S2/c8-1-5-2-9-6(10-3-5)13-7-11-4-12-14-7/h2-4H,1,8H2. The second kappa shape index (κ2) is 4.45. The van der Waals surface area contributed by atoms with Gasteiger partial charge >= 0.3 is 0 Å². The molecule has 0 amide bonds. The first kappa shape index (κ1) is 9.50. The third-order valence-corrected chi connectivity index (χ3v) is 3.05. The maximum atomic E-state index is 5.43. The van der Waals surface area contributed by atoms with Gasteiger partial charge in [0.1, 0.15) is 6.33 Å². The average molecular weight is 225 g/mol. The van der Waals surface area contributed by atoms with E-state index in [9.17, 15) is 0 Å². The van der Waals surface area contributed by atoms with Crippen LogP contribution in [0.15, 0.2) is 28.2 Å². The predicted octanol–water partition coefficient (Wildman–Crippen LogP) is 0.938. The fraction of sp³-hybridized carbons (Fsp3) is 0.143. The van der Waals surface area contributed by atoms with E-state index in [1.165, 1.54) is 29.6 Å². The zero-order valence-corrected chi connectivity index (χ0v) is 8.75. The Balaban J connectivity index is 2.10. The van der Waals surface area contributed by atoms with Gasteiger partial charge in [-0.15, -0.1) is 0 Å². The van der Waals surface area contributed by atoms with Crippen molar-refractivity contribution in [2.75, 3.05) is 0 Å². The van der Waals surface area contributed by atoms with Gasteiger partial charge in [-0.1, -0.05) is 0 Å². The summed E-state index contributed by atoms with van der Waals surface area (Å²) >= 11 is 2.72. The van der Waals surface area contributed by atoms with Gasteiger partial charge in [0.25, 0.3) is 0 Å². The smallest absolute Gasteiger partial charge is 0.194 e. The highest BCUT2D eigenvalue weighted by Gasteiger charge is 2.02. The summed E-state index contributed by atoms with van der Waals surface area (Å²) in [6.45, 7) is 0.462. The van der Waals surface area contributed by atoms with Gasteiger partial charge in [0.05, 0.1) is 0 Å². The van der Waals surface area contributed by atoms with Crippen LogP contribution in [0.5, 0.6) is 0 Å². The SMILES string of the molecule is NCc1cnc(Sc2ncns2)nc1. The quantitative estimate of drug-likeness (QED) is 0.783. The minimum absolute atomic E-state index is 0.462. The van der Waals surface area contributed by atoms with Crippen molar-refractivity contribution in [2.45, 2.75) is 16.0 Å². The minimum atomic E-state index is 0.462. The fourth-order valence-electron chi connectivity index (χ4n) is 0.787. The van der Waals surface area contributed by atoms with Crippen LogP contribution in [0.3, 0.4) is 0 Å². The normalized spacial score (nSPS) is 10.4. The Kier molecular flexibility index (Phi) is 3.02. The van der Waals surface area contributed by atoms with Crippen molar-refractivity contribution in [1.82, 2.24) is 19.3 Å². The molecule has 2 rings (SSSR count). The Hall–Kier alpha value is -1.05. The molecule has 2 N–H and O–H groups in total. The molecule has 0 aliphatic heterocycles. The van der Waals surface area contributed by atoms with Gasteiger partial charge in [-0.3, -0.25) is 0 Å². The van der Waals surface area contributed by atoms with E-state index in [1.54, 1.807) is 12.4 Å². The molecular weight excluding hydrogens is 218 g/mol. The largest absolute Gasteiger partial charge is 0.326 e. The molecular formula is C7H7N5S2. The van der Waals surface area contributed by atoms with Crippen LogP contribution >= 0.6 is 23.3 Å². The van der Waals surface area contributed by atoms with E-state index in [2.05, 4.69) is 19.3 Å². The number of nitrogens with zero attached hydrogens (tertiary/aromatic N) is 4. The van der Waals surface area contributed by atoms with E-state index in [1.807, 2.05) is 0 Å². The lowest BCUT2D eigenvalue weighted by Crippen LogP contribution is -1.98. The van der Waals surface area contributed by atoms with Gasteiger partial charge in [-0.2, -0.15) is 4.37 Å². The fourth-order valence-corrected chi connectivity index (χ4v) is 2.03. The Labute approximate surface area is 89.0 Å². The van der Waals surface area contributed by atoms with Gasteiger partial charge < -0.3 is 5.73 Å². The molecule has 2 aromatic heterocycles. The maximum absolute atomic E-state index is 5.43. The second-order valence-corrected chi connectivity index (χ2v) is 4.38. The summed E-state index contributed by atoms with van der Waals surface area (Å²) in [6, 6.07) is 0. The number of nitrogens with two attached hydrogens (primary N) is 1. The molecule has 2 heterocycles. The van der Waals surface area contributed by atoms with Gasteiger partial charge in [0, 0.05) is 24.5 Å². The molecule has 0 radical (unpaired) electrons. The average Bonchev–Trinajstić information content (AvgIpc) is 2.72. The summed E-state index contributed by atoms with van der Waals surface area (Å²) in [5, 5.41) is 0.666. The lowest BCUT2D eigenvalue weighted by molar-refractivity contribution is 0.913. The van der Waals surface area contributed by atoms with Crippen LogP contribution in [0.25, 0.3) is 0 Å². The highest BCUT2D eigenvalue weighted by molar-refractivity contribution is 8.00. The Morgan fingerprint density at radius 3 is 2.64 bits per heavy atom. The van der Waals surface area contributed by atoms with Crippen LogP contribution in [-0.4, -0.2) is 19.3 Å². The number of hydrogen-bond acceptors (Lipinski definition) is 7. The molecule has 0 fully saturated rings. The van der Waals surface area contributed by atoms with Crippen LogP contribution < -0.4 is 5.73 Å². The molecule has 0 spiro atoms. The molecule has 0 aliphatic carbocycles. The topological polar surface area (TPSA) is 77.6 Å². The van der Waals surface area contributed by atoms with E-state index < -0.39 is 0 Å². The van der Waals surface area contributed by atoms with Crippen molar-refractivity contribution in [3.63, 3.8) is 0 Å². The molecule has 0 bridgehead atoms. The molecule has 5 nitrogen and oxygen atoms in total. The molecule has 72 valence electrons. The first-order valence-electron chi connectivity index (χ1n) is 3.84. The highest BCUT2D eigenvalue weighted by Crippen LogP contribution is 2.24. The number of rotatable bonds is 3. The second-order valence-electron chi connectivity index (χ2n) is 2.39. The van der Waals surface area contributed by atoms with Crippen LogP contribution in [-0.2, 0) is 6.54 Å². The first-order valence-corrected chi connectivity index (χ1v) is 5.43. The lowest BCUT2D eigenvalue weighted by Gasteiger charge is -1.96. The summed E-state index contributed by atoms with van der Waals surface area (Å²) in [4.78, 5) is 12.3. The molecule has 0 saturated carbocycles. The van der Waals surface area contributed by atoms with Crippen molar-refractivity contribution >= 4 is 23.3 Å². The van der Waals surface area contributed by atoms with E-state index >= 15 is 0 Å². The van der Waals surface area contributed by atoms with Gasteiger partial charge in [-0.05, 0) is 23.3 Å². The van der Waals surface area contributed by atoms with Crippen molar-refractivity contribution in [1.29, 1.82) is 0 Å². The molecule has 0 aromatic carbocycles. The third kappa shape index (κ3) is 2.25. The Bertz CT molecular complexity index is 385. The highest BCUT2D eigenvalue weighted by atomic mass is 32.2. The van der Waals surface area contributed by atoms with Crippen LogP contribution in [0, 0.1) is 0 Å². The van der Waals surface area contributed by atoms with E-state index in [0.717, 1.165) is 9.90 Å². The monoisotopic (exact) mass is 225 g/mol. The third-order valence-electron chi connectivity index (χ3n) is 1.44. The van der Waals surface area contributed by atoms with Crippen molar-refractivity contribution in [3.05, 3.63) is 24.3 Å².